The molecule has 1 atom stereocenters. The van der Waals surface area contributed by atoms with Gasteiger partial charge < -0.3 is 15.1 Å². The van der Waals surface area contributed by atoms with Crippen LogP contribution in [-0.2, 0) is 11.3 Å². The van der Waals surface area contributed by atoms with E-state index in [9.17, 15) is 9.59 Å². The summed E-state index contributed by atoms with van der Waals surface area (Å²) in [6.45, 7) is 1.47. The predicted octanol–water partition coefficient (Wildman–Crippen LogP) is 3.99. The lowest BCUT2D eigenvalue weighted by Crippen LogP contribution is -2.33. The highest BCUT2D eigenvalue weighted by atomic mass is 16.3. The number of carbonyl (C=O) groups excluding carboxylic acids is 2. The number of likely N-dealkylation sites (tertiary alicyclic amines) is 1. The van der Waals surface area contributed by atoms with E-state index in [4.69, 9.17) is 4.42 Å². The SMILES string of the molecule is O=C(CN1CCCC1c1ccccc1)Nc1ccccc1C(=O)NCc1ccco1. The zero-order valence-corrected chi connectivity index (χ0v) is 16.7. The Bertz CT molecular complexity index is 986. The monoisotopic (exact) mass is 403 g/mol. The van der Waals surface area contributed by atoms with Gasteiger partial charge in [0, 0.05) is 6.04 Å². The Labute approximate surface area is 175 Å². The second-order valence-corrected chi connectivity index (χ2v) is 7.39. The van der Waals surface area contributed by atoms with Gasteiger partial charge in [-0.05, 0) is 49.2 Å². The maximum Gasteiger partial charge on any atom is 0.253 e. The first kappa shape index (κ1) is 19.9. The summed E-state index contributed by atoms with van der Waals surface area (Å²) in [6, 6.07) is 21.2. The maximum atomic E-state index is 12.8. The highest BCUT2D eigenvalue weighted by molar-refractivity contribution is 6.04. The van der Waals surface area contributed by atoms with Crippen molar-refractivity contribution in [2.24, 2.45) is 0 Å². The van der Waals surface area contributed by atoms with E-state index in [-0.39, 0.29) is 17.9 Å². The number of carbonyl (C=O) groups is 2. The number of furan rings is 1. The fraction of sp³-hybridized carbons (Fsp3) is 0.250. The van der Waals surface area contributed by atoms with Gasteiger partial charge in [-0.2, -0.15) is 0 Å². The normalized spacial score (nSPS) is 16.3. The first-order chi connectivity index (χ1) is 14.7. The van der Waals surface area contributed by atoms with Gasteiger partial charge >= 0.3 is 0 Å². The lowest BCUT2D eigenvalue weighted by atomic mass is 10.0. The molecule has 1 aromatic heterocycles. The molecule has 2 aromatic carbocycles. The van der Waals surface area contributed by atoms with Crippen molar-refractivity contribution in [2.45, 2.75) is 25.4 Å². The van der Waals surface area contributed by atoms with Crippen molar-refractivity contribution in [3.05, 3.63) is 89.9 Å². The predicted molar refractivity (Wildman–Crippen MR) is 115 cm³/mol. The topological polar surface area (TPSA) is 74.6 Å². The van der Waals surface area contributed by atoms with Crippen molar-refractivity contribution >= 4 is 17.5 Å². The Morgan fingerprint density at radius 1 is 1.00 bits per heavy atom. The summed E-state index contributed by atoms with van der Waals surface area (Å²) >= 11 is 0. The molecule has 6 nitrogen and oxygen atoms in total. The van der Waals surface area contributed by atoms with Crippen molar-refractivity contribution < 1.29 is 14.0 Å². The van der Waals surface area contributed by atoms with E-state index < -0.39 is 0 Å². The van der Waals surface area contributed by atoms with Gasteiger partial charge in [0.15, 0.2) is 0 Å². The second kappa shape index (κ2) is 9.41. The maximum absolute atomic E-state index is 12.8. The lowest BCUT2D eigenvalue weighted by molar-refractivity contribution is -0.117. The first-order valence-electron chi connectivity index (χ1n) is 10.2. The zero-order chi connectivity index (χ0) is 20.8. The molecule has 6 heteroatoms. The number of benzene rings is 2. The smallest absolute Gasteiger partial charge is 0.253 e. The van der Waals surface area contributed by atoms with Gasteiger partial charge in [-0.25, -0.2) is 0 Å². The van der Waals surface area contributed by atoms with Crippen molar-refractivity contribution in [3.8, 4) is 0 Å². The van der Waals surface area contributed by atoms with Crippen LogP contribution in [0, 0.1) is 0 Å². The van der Waals surface area contributed by atoms with Crippen LogP contribution in [0.5, 0.6) is 0 Å². The van der Waals surface area contributed by atoms with E-state index in [0.29, 0.717) is 30.1 Å². The number of rotatable bonds is 7. The molecule has 2 heterocycles. The number of hydrogen-bond donors (Lipinski definition) is 2. The number of hydrogen-bond acceptors (Lipinski definition) is 4. The van der Waals surface area contributed by atoms with E-state index >= 15 is 0 Å². The largest absolute Gasteiger partial charge is 0.467 e. The molecule has 30 heavy (non-hydrogen) atoms. The molecule has 0 saturated carbocycles. The number of para-hydroxylation sites is 1. The first-order valence-corrected chi connectivity index (χ1v) is 10.2. The molecule has 0 aliphatic carbocycles. The molecule has 0 radical (unpaired) electrons. The second-order valence-electron chi connectivity index (χ2n) is 7.39. The van der Waals surface area contributed by atoms with Crippen LogP contribution in [0.1, 0.15) is 40.6 Å². The zero-order valence-electron chi connectivity index (χ0n) is 16.7. The van der Waals surface area contributed by atoms with E-state index in [2.05, 4.69) is 27.7 Å². The molecule has 0 bridgehead atoms. The summed E-state index contributed by atoms with van der Waals surface area (Å²) in [5, 5.41) is 5.74. The van der Waals surface area contributed by atoms with Crippen LogP contribution in [0.15, 0.2) is 77.4 Å². The molecule has 1 unspecified atom stereocenters. The van der Waals surface area contributed by atoms with Gasteiger partial charge in [0.05, 0.1) is 30.6 Å². The quantitative estimate of drug-likeness (QED) is 0.626. The van der Waals surface area contributed by atoms with E-state index in [0.717, 1.165) is 19.4 Å². The molecule has 1 aliphatic rings. The van der Waals surface area contributed by atoms with Crippen LogP contribution >= 0.6 is 0 Å². The average Bonchev–Trinajstić information content (AvgIpc) is 3.45. The van der Waals surface area contributed by atoms with E-state index in [1.807, 2.05) is 24.3 Å². The Balaban J connectivity index is 1.39. The minimum Gasteiger partial charge on any atom is -0.467 e. The third-order valence-electron chi connectivity index (χ3n) is 5.34. The molecule has 1 fully saturated rings. The molecule has 3 aromatic rings. The Morgan fingerprint density at radius 3 is 2.60 bits per heavy atom. The standard InChI is InChI=1S/C24H25N3O3/c28-23(17-27-14-6-13-22(27)18-8-2-1-3-9-18)26-21-12-5-4-11-20(21)24(29)25-16-19-10-7-15-30-19/h1-5,7-12,15,22H,6,13-14,16-17H2,(H,25,29)(H,26,28). The fourth-order valence-corrected chi connectivity index (χ4v) is 3.91. The van der Waals surface area contributed by atoms with Gasteiger partial charge in [0.25, 0.3) is 5.91 Å². The summed E-state index contributed by atoms with van der Waals surface area (Å²) in [7, 11) is 0. The van der Waals surface area contributed by atoms with Crippen LogP contribution in [0.3, 0.4) is 0 Å². The Kier molecular flexibility index (Phi) is 6.25. The van der Waals surface area contributed by atoms with Crippen LogP contribution < -0.4 is 10.6 Å². The molecule has 1 saturated heterocycles. The van der Waals surface area contributed by atoms with Gasteiger partial charge in [0.1, 0.15) is 5.76 Å². The van der Waals surface area contributed by atoms with Crippen molar-refractivity contribution in [1.29, 1.82) is 0 Å². The third kappa shape index (κ3) is 4.78. The van der Waals surface area contributed by atoms with Gasteiger partial charge in [-0.15, -0.1) is 0 Å². The number of anilines is 1. The molecule has 4 rings (SSSR count). The van der Waals surface area contributed by atoms with Crippen molar-refractivity contribution in [1.82, 2.24) is 10.2 Å². The molecule has 2 amide bonds. The summed E-state index contributed by atoms with van der Waals surface area (Å²) in [5.74, 6) is 0.292. The highest BCUT2D eigenvalue weighted by Crippen LogP contribution is 2.31. The van der Waals surface area contributed by atoms with Crippen molar-refractivity contribution in [2.75, 3.05) is 18.4 Å². The molecule has 2 N–H and O–H groups in total. The number of nitrogens with one attached hydrogen (secondary N) is 2. The van der Waals surface area contributed by atoms with Gasteiger partial charge in [0.2, 0.25) is 5.91 Å². The molecule has 154 valence electrons. The summed E-state index contributed by atoms with van der Waals surface area (Å²) in [6.07, 6.45) is 3.68. The van der Waals surface area contributed by atoms with Gasteiger partial charge in [-0.3, -0.25) is 14.5 Å². The van der Waals surface area contributed by atoms with E-state index in [1.54, 1.807) is 36.6 Å². The van der Waals surface area contributed by atoms with Crippen LogP contribution in [0.25, 0.3) is 0 Å². The van der Waals surface area contributed by atoms with Gasteiger partial charge in [-0.1, -0.05) is 42.5 Å². The number of nitrogens with zero attached hydrogens (tertiary/aromatic N) is 1. The third-order valence-corrected chi connectivity index (χ3v) is 5.34. The summed E-state index contributed by atoms with van der Waals surface area (Å²) < 4.78 is 5.25. The van der Waals surface area contributed by atoms with Crippen LogP contribution in [0.4, 0.5) is 5.69 Å². The average molecular weight is 403 g/mol. The fourth-order valence-electron chi connectivity index (χ4n) is 3.91. The molecular formula is C24H25N3O3. The number of amides is 2. The summed E-state index contributed by atoms with van der Waals surface area (Å²) in [4.78, 5) is 27.6. The molecular weight excluding hydrogens is 378 g/mol. The lowest BCUT2D eigenvalue weighted by Gasteiger charge is -2.24. The Morgan fingerprint density at radius 2 is 1.80 bits per heavy atom. The van der Waals surface area contributed by atoms with E-state index in [1.165, 1.54) is 5.56 Å². The molecule has 0 spiro atoms. The van der Waals surface area contributed by atoms with Crippen molar-refractivity contribution in [3.63, 3.8) is 0 Å². The summed E-state index contributed by atoms with van der Waals surface area (Å²) in [5.41, 5.74) is 2.17. The van der Waals surface area contributed by atoms with Crippen LogP contribution in [0.2, 0.25) is 0 Å². The minimum atomic E-state index is -0.259. The Hall–Kier alpha value is -3.38. The van der Waals surface area contributed by atoms with Crippen LogP contribution in [-0.4, -0.2) is 29.8 Å². The molecule has 1 aliphatic heterocycles. The minimum absolute atomic E-state index is 0.121. The highest BCUT2D eigenvalue weighted by Gasteiger charge is 2.27.